The molecule has 0 aliphatic carbocycles. The van der Waals surface area contributed by atoms with Gasteiger partial charge in [-0.1, -0.05) is 0 Å². The van der Waals surface area contributed by atoms with Crippen LogP contribution in [0.4, 0.5) is 9.93 Å². The van der Waals surface area contributed by atoms with E-state index >= 15 is 0 Å². The van der Waals surface area contributed by atoms with Crippen LogP contribution in [0.5, 0.6) is 0 Å². The molecule has 0 atom stereocenters. The first-order valence-electron chi connectivity index (χ1n) is 5.83. The first-order valence-corrected chi connectivity index (χ1v) is 6.71. The largest absolute Gasteiger partial charge is 0.395 e. The number of anilines is 1. The number of aromatic nitrogens is 1. The Morgan fingerprint density at radius 1 is 1.56 bits per heavy atom. The Balaban J connectivity index is 2.46. The smallest absolute Gasteiger partial charge is 0.317 e. The molecule has 0 bridgehead atoms. The van der Waals surface area contributed by atoms with Gasteiger partial charge in [0.15, 0.2) is 5.13 Å². The monoisotopic (exact) mass is 272 g/mol. The topological polar surface area (TPSA) is 68.7 Å². The second kappa shape index (κ2) is 7.17. The molecule has 1 aromatic rings. The maximum Gasteiger partial charge on any atom is 0.317 e. The van der Waals surface area contributed by atoms with E-state index in [-0.39, 0.29) is 12.6 Å². The van der Waals surface area contributed by atoms with Gasteiger partial charge in [0.25, 0.3) is 0 Å². The van der Waals surface area contributed by atoms with Crippen LogP contribution in [0, 0.1) is 0 Å². The van der Waals surface area contributed by atoms with E-state index in [0.29, 0.717) is 19.6 Å². The van der Waals surface area contributed by atoms with Crippen molar-refractivity contribution >= 4 is 22.5 Å². The highest BCUT2D eigenvalue weighted by atomic mass is 32.1. The fourth-order valence-electron chi connectivity index (χ4n) is 1.38. The molecule has 0 unspecified atom stereocenters. The van der Waals surface area contributed by atoms with E-state index < -0.39 is 0 Å². The highest BCUT2D eigenvalue weighted by Crippen LogP contribution is 2.17. The lowest BCUT2D eigenvalue weighted by molar-refractivity contribution is 0.180. The summed E-state index contributed by atoms with van der Waals surface area (Å²) in [7, 11) is 3.86. The number of nitrogens with one attached hydrogen (secondary N) is 1. The molecule has 0 saturated carbocycles. The summed E-state index contributed by atoms with van der Waals surface area (Å²) in [5.41, 5.74) is 0.845. The number of likely N-dealkylation sites (N-methyl/N-ethyl adjacent to an activating group) is 1. The number of carbonyl (C=O) groups is 1. The second-order valence-electron chi connectivity index (χ2n) is 3.98. The molecule has 1 heterocycles. The van der Waals surface area contributed by atoms with Gasteiger partial charge in [0.05, 0.1) is 18.8 Å². The van der Waals surface area contributed by atoms with Crippen molar-refractivity contribution in [2.24, 2.45) is 0 Å². The predicted molar refractivity (Wildman–Crippen MR) is 73.0 cm³/mol. The van der Waals surface area contributed by atoms with Gasteiger partial charge in [-0.15, -0.1) is 11.3 Å². The van der Waals surface area contributed by atoms with E-state index in [1.54, 1.807) is 16.2 Å². The van der Waals surface area contributed by atoms with E-state index in [4.69, 9.17) is 5.11 Å². The number of rotatable bonds is 6. The molecule has 0 aromatic carbocycles. The molecular formula is C11H20N4O2S. The quantitative estimate of drug-likeness (QED) is 0.801. The Kier molecular flexibility index (Phi) is 5.87. The van der Waals surface area contributed by atoms with Crippen LogP contribution >= 0.6 is 11.3 Å². The predicted octanol–water partition coefficient (Wildman–Crippen LogP) is 0.733. The first-order chi connectivity index (χ1) is 8.58. The van der Waals surface area contributed by atoms with Gasteiger partial charge in [0.1, 0.15) is 0 Å². The van der Waals surface area contributed by atoms with Crippen molar-refractivity contribution < 1.29 is 9.90 Å². The molecule has 0 spiro atoms. The van der Waals surface area contributed by atoms with E-state index in [2.05, 4.69) is 10.3 Å². The molecule has 2 amide bonds. The number of hydrogen-bond acceptors (Lipinski definition) is 5. The van der Waals surface area contributed by atoms with E-state index in [0.717, 1.165) is 10.8 Å². The maximum atomic E-state index is 11.7. The fraction of sp³-hybridized carbons (Fsp3) is 0.636. The van der Waals surface area contributed by atoms with E-state index in [9.17, 15) is 4.79 Å². The van der Waals surface area contributed by atoms with Crippen molar-refractivity contribution in [3.05, 3.63) is 11.1 Å². The van der Waals surface area contributed by atoms with Crippen molar-refractivity contribution in [3.63, 3.8) is 0 Å². The minimum Gasteiger partial charge on any atom is -0.395 e. The normalized spacial score (nSPS) is 10.2. The third-order valence-corrected chi connectivity index (χ3v) is 3.44. The van der Waals surface area contributed by atoms with Crippen LogP contribution in [0.2, 0.25) is 0 Å². The Morgan fingerprint density at radius 3 is 2.78 bits per heavy atom. The van der Waals surface area contributed by atoms with Crippen LogP contribution in [-0.2, 0) is 6.54 Å². The third-order valence-electron chi connectivity index (χ3n) is 2.38. The first kappa shape index (κ1) is 14.7. The zero-order valence-electron chi connectivity index (χ0n) is 11.0. The van der Waals surface area contributed by atoms with Gasteiger partial charge < -0.3 is 20.2 Å². The van der Waals surface area contributed by atoms with Gasteiger partial charge in [0, 0.05) is 32.6 Å². The molecule has 1 rings (SSSR count). The zero-order chi connectivity index (χ0) is 13.5. The average Bonchev–Trinajstić information content (AvgIpc) is 2.82. The van der Waals surface area contributed by atoms with Gasteiger partial charge in [-0.25, -0.2) is 9.78 Å². The Labute approximate surface area is 111 Å². The van der Waals surface area contributed by atoms with Crippen LogP contribution in [0.1, 0.15) is 12.6 Å². The number of thiazole rings is 1. The summed E-state index contributed by atoms with van der Waals surface area (Å²) in [6, 6.07) is -0.175. The summed E-state index contributed by atoms with van der Waals surface area (Å²) < 4.78 is 0. The SMILES string of the molecule is CCN(CCO)C(=O)NCc1csc(N(C)C)n1. The summed E-state index contributed by atoms with van der Waals surface area (Å²) in [5, 5.41) is 14.5. The molecule has 0 radical (unpaired) electrons. The molecule has 0 fully saturated rings. The Morgan fingerprint density at radius 2 is 2.28 bits per heavy atom. The summed E-state index contributed by atoms with van der Waals surface area (Å²) >= 11 is 1.54. The third kappa shape index (κ3) is 4.15. The Bertz CT molecular complexity index is 381. The van der Waals surface area contributed by atoms with Crippen LogP contribution in [0.15, 0.2) is 5.38 Å². The number of hydrogen-bond donors (Lipinski definition) is 2. The molecular weight excluding hydrogens is 252 g/mol. The maximum absolute atomic E-state index is 11.7. The van der Waals surface area contributed by atoms with E-state index in [1.165, 1.54) is 0 Å². The van der Waals surface area contributed by atoms with Gasteiger partial charge in [0.2, 0.25) is 0 Å². The lowest BCUT2D eigenvalue weighted by atomic mass is 10.4. The van der Waals surface area contributed by atoms with Crippen molar-refractivity contribution in [1.82, 2.24) is 15.2 Å². The summed E-state index contributed by atoms with van der Waals surface area (Å²) in [5.74, 6) is 0. The summed E-state index contributed by atoms with van der Waals surface area (Å²) in [6.07, 6.45) is 0. The van der Waals surface area contributed by atoms with Crippen molar-refractivity contribution in [3.8, 4) is 0 Å². The highest BCUT2D eigenvalue weighted by molar-refractivity contribution is 7.13. The second-order valence-corrected chi connectivity index (χ2v) is 4.81. The average molecular weight is 272 g/mol. The van der Waals surface area contributed by atoms with Crippen molar-refractivity contribution in [2.45, 2.75) is 13.5 Å². The molecule has 1 aromatic heterocycles. The summed E-state index contributed by atoms with van der Waals surface area (Å²) in [6.45, 7) is 3.19. The summed E-state index contributed by atoms with van der Waals surface area (Å²) in [4.78, 5) is 19.6. The minimum absolute atomic E-state index is 0.0251. The van der Waals surface area contributed by atoms with Crippen LogP contribution in [0.25, 0.3) is 0 Å². The number of aliphatic hydroxyl groups is 1. The van der Waals surface area contributed by atoms with Gasteiger partial charge >= 0.3 is 6.03 Å². The molecule has 18 heavy (non-hydrogen) atoms. The van der Waals surface area contributed by atoms with Crippen molar-refractivity contribution in [1.29, 1.82) is 0 Å². The lowest BCUT2D eigenvalue weighted by Gasteiger charge is -2.19. The molecule has 0 aliphatic rings. The van der Waals surface area contributed by atoms with Crippen LogP contribution in [-0.4, -0.2) is 54.8 Å². The number of carbonyl (C=O) groups excluding carboxylic acids is 1. The Hall–Kier alpha value is -1.34. The standard InChI is InChI=1S/C11H20N4O2S/c1-4-15(5-6-16)10(17)12-7-9-8-18-11(13-9)14(2)3/h8,16H,4-7H2,1-3H3,(H,12,17). The minimum atomic E-state index is -0.175. The molecule has 0 aliphatic heterocycles. The van der Waals surface area contributed by atoms with Crippen LogP contribution < -0.4 is 10.2 Å². The van der Waals surface area contributed by atoms with Crippen LogP contribution in [0.3, 0.4) is 0 Å². The van der Waals surface area contributed by atoms with E-state index in [1.807, 2.05) is 31.3 Å². The zero-order valence-corrected chi connectivity index (χ0v) is 11.8. The molecule has 6 nitrogen and oxygen atoms in total. The fourth-order valence-corrected chi connectivity index (χ4v) is 2.14. The van der Waals surface area contributed by atoms with Gasteiger partial charge in [-0.2, -0.15) is 0 Å². The lowest BCUT2D eigenvalue weighted by Crippen LogP contribution is -2.41. The molecule has 7 heteroatoms. The number of aliphatic hydroxyl groups excluding tert-OH is 1. The van der Waals surface area contributed by atoms with Crippen molar-refractivity contribution in [2.75, 3.05) is 38.7 Å². The van der Waals surface area contributed by atoms with Gasteiger partial charge in [-0.05, 0) is 6.92 Å². The van der Waals surface area contributed by atoms with Gasteiger partial charge in [-0.3, -0.25) is 0 Å². The number of urea groups is 1. The number of nitrogens with zero attached hydrogens (tertiary/aromatic N) is 3. The highest BCUT2D eigenvalue weighted by Gasteiger charge is 2.11. The molecule has 2 N–H and O–H groups in total. The molecule has 102 valence electrons. The molecule has 0 saturated heterocycles. The number of amides is 2.